The van der Waals surface area contributed by atoms with E-state index in [2.05, 4.69) is 30.6 Å². The van der Waals surface area contributed by atoms with Gasteiger partial charge in [0, 0.05) is 49.7 Å². The highest BCUT2D eigenvalue weighted by Crippen LogP contribution is 1.92. The van der Waals surface area contributed by atoms with Gasteiger partial charge in [-0.2, -0.15) is 0 Å². The molecule has 0 saturated heterocycles. The molecule has 8 N–H and O–H groups in total. The van der Waals surface area contributed by atoms with Gasteiger partial charge in [0.15, 0.2) is 0 Å². The highest BCUT2D eigenvalue weighted by atomic mass is 35.5. The lowest BCUT2D eigenvalue weighted by molar-refractivity contribution is -0.129. The molecule has 0 radical (unpaired) electrons. The molecule has 0 saturated carbocycles. The van der Waals surface area contributed by atoms with Crippen LogP contribution in [0.4, 0.5) is 0 Å². The number of carbonyl (C=O) groups is 2. The van der Waals surface area contributed by atoms with Crippen molar-refractivity contribution in [2.45, 2.75) is 19.3 Å². The zero-order valence-corrected chi connectivity index (χ0v) is 13.8. The fourth-order valence-corrected chi connectivity index (χ4v) is 1.79. The molecule has 2 heterocycles. The van der Waals surface area contributed by atoms with E-state index >= 15 is 0 Å². The molecule has 0 unspecified atom stereocenters. The third-order valence-corrected chi connectivity index (χ3v) is 2.86. The fourth-order valence-electron chi connectivity index (χ4n) is 1.79. The standard InChI is InChI=1S/C13H18N6O2.ClH.2H2O/c20-12(16-3-1-10-6-14-8-18-10)5-13(21)17-4-2-11-7-15-9-19-11;;;/h6-9H,1-5H2,(H,14,18)(H,15,19)(H,16,20)(H,17,21);1H;2*1H2. The van der Waals surface area contributed by atoms with Crippen LogP contribution in [0.3, 0.4) is 0 Å². The average Bonchev–Trinajstić information content (AvgIpc) is 3.11. The molecule has 10 nitrogen and oxygen atoms in total. The lowest BCUT2D eigenvalue weighted by Crippen LogP contribution is -2.33. The van der Waals surface area contributed by atoms with Gasteiger partial charge in [-0.1, -0.05) is 0 Å². The molecule has 2 rings (SSSR count). The van der Waals surface area contributed by atoms with Crippen LogP contribution in [0, 0.1) is 0 Å². The molecule has 0 aliphatic rings. The van der Waals surface area contributed by atoms with Crippen molar-refractivity contribution in [1.82, 2.24) is 30.6 Å². The molecule has 0 aromatic carbocycles. The molecule has 136 valence electrons. The Morgan fingerprint density at radius 1 is 0.875 bits per heavy atom. The number of nitrogens with one attached hydrogen (secondary N) is 4. The lowest BCUT2D eigenvalue weighted by atomic mass is 10.3. The number of hydrogen-bond donors (Lipinski definition) is 4. The highest BCUT2D eigenvalue weighted by molar-refractivity contribution is 5.96. The number of carbonyl (C=O) groups excluding carboxylic acids is 2. The number of imidazole rings is 2. The minimum atomic E-state index is -0.284. The monoisotopic (exact) mass is 362 g/mol. The number of aromatic nitrogens is 4. The summed E-state index contributed by atoms with van der Waals surface area (Å²) in [5.41, 5.74) is 1.89. The third kappa shape index (κ3) is 8.88. The van der Waals surface area contributed by atoms with Crippen LogP contribution in [0.2, 0.25) is 0 Å². The van der Waals surface area contributed by atoms with Gasteiger partial charge in [0.25, 0.3) is 0 Å². The molecule has 11 heteroatoms. The number of halogens is 1. The molecule has 24 heavy (non-hydrogen) atoms. The number of hydrogen-bond acceptors (Lipinski definition) is 4. The summed E-state index contributed by atoms with van der Waals surface area (Å²) in [7, 11) is 0. The Morgan fingerprint density at radius 3 is 1.62 bits per heavy atom. The predicted molar refractivity (Wildman–Crippen MR) is 89.7 cm³/mol. The Hall–Kier alpha value is -2.43. The quantitative estimate of drug-likeness (QED) is 0.409. The lowest BCUT2D eigenvalue weighted by Gasteiger charge is -2.05. The first-order chi connectivity index (χ1) is 10.2. The summed E-state index contributed by atoms with van der Waals surface area (Å²) < 4.78 is 0. The summed E-state index contributed by atoms with van der Waals surface area (Å²) in [6, 6.07) is 0. The van der Waals surface area contributed by atoms with E-state index in [0.29, 0.717) is 25.9 Å². The van der Waals surface area contributed by atoms with E-state index in [1.807, 2.05) is 0 Å². The van der Waals surface area contributed by atoms with Crippen LogP contribution < -0.4 is 10.6 Å². The zero-order valence-electron chi connectivity index (χ0n) is 13.0. The summed E-state index contributed by atoms with van der Waals surface area (Å²) >= 11 is 0. The largest absolute Gasteiger partial charge is 0.412 e. The van der Waals surface area contributed by atoms with Gasteiger partial charge in [0.05, 0.1) is 12.7 Å². The van der Waals surface area contributed by atoms with Crippen LogP contribution in [0.15, 0.2) is 25.0 Å². The fraction of sp³-hybridized carbons (Fsp3) is 0.385. The molecule has 2 amide bonds. The smallest absolute Gasteiger partial charge is 0.229 e. The topological polar surface area (TPSA) is 179 Å². The van der Waals surface area contributed by atoms with E-state index in [9.17, 15) is 9.59 Å². The molecule has 2 aromatic rings. The minimum absolute atomic E-state index is 0. The molecule has 0 spiro atoms. The highest BCUT2D eigenvalue weighted by Gasteiger charge is 2.08. The summed E-state index contributed by atoms with van der Waals surface area (Å²) in [6.07, 6.45) is 7.74. The molecule has 0 aliphatic carbocycles. The van der Waals surface area contributed by atoms with E-state index < -0.39 is 0 Å². The number of rotatable bonds is 8. The Labute approximate surface area is 144 Å². The SMILES string of the molecule is Cl.O.O.O=C(CC(=O)NCCc1cnc[nH]1)NCCc1cnc[nH]1. The summed E-state index contributed by atoms with van der Waals surface area (Å²) in [4.78, 5) is 36.8. The first kappa shape index (κ1) is 23.8. The van der Waals surface area contributed by atoms with Crippen molar-refractivity contribution in [3.8, 4) is 0 Å². The normalized spacial score (nSPS) is 9.00. The van der Waals surface area contributed by atoms with Crippen molar-refractivity contribution >= 4 is 24.2 Å². The van der Waals surface area contributed by atoms with Crippen molar-refractivity contribution in [1.29, 1.82) is 0 Å². The molecule has 2 aromatic heterocycles. The van der Waals surface area contributed by atoms with Gasteiger partial charge in [-0.3, -0.25) is 9.59 Å². The number of nitrogens with zero attached hydrogens (tertiary/aromatic N) is 2. The van der Waals surface area contributed by atoms with Gasteiger partial charge in [0.2, 0.25) is 11.8 Å². The van der Waals surface area contributed by atoms with E-state index in [1.165, 1.54) is 0 Å². The first-order valence-corrected chi connectivity index (χ1v) is 6.72. The molecular formula is C13H23ClN6O4. The van der Waals surface area contributed by atoms with Gasteiger partial charge in [-0.15, -0.1) is 12.4 Å². The molecule has 0 bridgehead atoms. The third-order valence-electron chi connectivity index (χ3n) is 2.86. The van der Waals surface area contributed by atoms with Crippen LogP contribution >= 0.6 is 12.4 Å². The maximum Gasteiger partial charge on any atom is 0.229 e. The van der Waals surface area contributed by atoms with Gasteiger partial charge in [-0.05, 0) is 0 Å². The van der Waals surface area contributed by atoms with Crippen molar-refractivity contribution in [3.63, 3.8) is 0 Å². The summed E-state index contributed by atoms with van der Waals surface area (Å²) in [6.45, 7) is 0.949. The molecule has 0 atom stereocenters. The van der Waals surface area contributed by atoms with E-state index in [-0.39, 0.29) is 41.6 Å². The van der Waals surface area contributed by atoms with E-state index in [1.54, 1.807) is 25.0 Å². The average molecular weight is 363 g/mol. The Balaban J connectivity index is 0. The van der Waals surface area contributed by atoms with Crippen LogP contribution in [-0.2, 0) is 22.4 Å². The van der Waals surface area contributed by atoms with Crippen LogP contribution in [0.1, 0.15) is 17.8 Å². The first-order valence-electron chi connectivity index (χ1n) is 6.72. The van der Waals surface area contributed by atoms with Crippen molar-refractivity contribution in [2.75, 3.05) is 13.1 Å². The second kappa shape index (κ2) is 13.0. The Kier molecular flexibility index (Phi) is 13.0. The summed E-state index contributed by atoms with van der Waals surface area (Å²) in [5, 5.41) is 5.38. The maximum atomic E-state index is 11.6. The van der Waals surface area contributed by atoms with E-state index in [4.69, 9.17) is 0 Å². The predicted octanol–water partition coefficient (Wildman–Crippen LogP) is -1.69. The number of aromatic amines is 2. The number of amides is 2. The van der Waals surface area contributed by atoms with Crippen molar-refractivity contribution in [3.05, 3.63) is 36.4 Å². The van der Waals surface area contributed by atoms with Gasteiger partial charge < -0.3 is 31.6 Å². The molecule has 0 aliphatic heterocycles. The van der Waals surface area contributed by atoms with Crippen LogP contribution in [-0.4, -0.2) is 55.8 Å². The Bertz CT molecular complexity index is 511. The van der Waals surface area contributed by atoms with Crippen LogP contribution in [0.5, 0.6) is 0 Å². The molecular weight excluding hydrogens is 340 g/mol. The second-order valence-electron chi connectivity index (χ2n) is 4.53. The number of H-pyrrole nitrogens is 2. The maximum absolute atomic E-state index is 11.6. The van der Waals surface area contributed by atoms with Gasteiger partial charge in [-0.25, -0.2) is 9.97 Å². The van der Waals surface area contributed by atoms with E-state index in [0.717, 1.165) is 11.4 Å². The second-order valence-corrected chi connectivity index (χ2v) is 4.53. The van der Waals surface area contributed by atoms with Crippen molar-refractivity contribution in [2.24, 2.45) is 0 Å². The minimum Gasteiger partial charge on any atom is -0.412 e. The molecule has 0 fully saturated rings. The summed E-state index contributed by atoms with van der Waals surface area (Å²) in [5.74, 6) is -0.567. The van der Waals surface area contributed by atoms with Crippen molar-refractivity contribution < 1.29 is 20.5 Å². The van der Waals surface area contributed by atoms with Gasteiger partial charge >= 0.3 is 0 Å². The van der Waals surface area contributed by atoms with Gasteiger partial charge in [0.1, 0.15) is 6.42 Å². The Morgan fingerprint density at radius 2 is 1.29 bits per heavy atom. The van der Waals surface area contributed by atoms with Crippen LogP contribution in [0.25, 0.3) is 0 Å². The zero-order chi connectivity index (χ0) is 14.9.